The van der Waals surface area contributed by atoms with E-state index in [0.29, 0.717) is 37.8 Å². The molecule has 176 valence electrons. The van der Waals surface area contributed by atoms with Crippen LogP contribution in [0.5, 0.6) is 0 Å². The van der Waals surface area contributed by atoms with Gasteiger partial charge in [-0.1, -0.05) is 0 Å². The van der Waals surface area contributed by atoms with Crippen molar-refractivity contribution in [1.29, 1.82) is 0 Å². The van der Waals surface area contributed by atoms with Crippen molar-refractivity contribution in [2.45, 2.75) is 32.3 Å². The normalized spacial score (nSPS) is 18.3. The van der Waals surface area contributed by atoms with Crippen LogP contribution in [0.3, 0.4) is 0 Å². The highest BCUT2D eigenvalue weighted by Gasteiger charge is 2.33. The fraction of sp³-hybridized carbons (Fsp3) is 0.565. The van der Waals surface area contributed by atoms with Crippen LogP contribution in [0.1, 0.15) is 37.3 Å². The van der Waals surface area contributed by atoms with E-state index in [1.165, 1.54) is 0 Å². The summed E-state index contributed by atoms with van der Waals surface area (Å²) in [7, 11) is 1.87. The first-order valence-corrected chi connectivity index (χ1v) is 11.5. The zero-order chi connectivity index (χ0) is 23.2. The summed E-state index contributed by atoms with van der Waals surface area (Å²) in [5.41, 5.74) is 3.20. The van der Waals surface area contributed by atoms with Crippen LogP contribution in [0.2, 0.25) is 0 Å². The molecule has 0 aliphatic carbocycles. The van der Waals surface area contributed by atoms with E-state index in [-0.39, 0.29) is 11.8 Å². The van der Waals surface area contributed by atoms with E-state index < -0.39 is 5.60 Å². The third-order valence-corrected chi connectivity index (χ3v) is 6.78. The second-order valence-electron chi connectivity index (χ2n) is 9.53. The Bertz CT molecular complexity index is 1150. The number of H-pyrrole nitrogens is 1. The number of imidazole rings is 1. The number of pyridine rings is 1. The number of aryl methyl sites for hydroxylation is 1. The molecule has 0 unspecified atom stereocenters. The summed E-state index contributed by atoms with van der Waals surface area (Å²) in [6.07, 6.45) is 5.25. The van der Waals surface area contributed by atoms with Crippen molar-refractivity contribution in [2.75, 3.05) is 44.3 Å². The van der Waals surface area contributed by atoms with E-state index >= 15 is 0 Å². The maximum atomic E-state index is 13.3. The van der Waals surface area contributed by atoms with Crippen LogP contribution < -0.4 is 4.90 Å². The molecule has 33 heavy (non-hydrogen) atoms. The number of rotatable bonds is 4. The minimum Gasteiger partial charge on any atom is -0.390 e. The molecule has 1 amide bonds. The van der Waals surface area contributed by atoms with Crippen molar-refractivity contribution in [3.05, 3.63) is 24.3 Å². The largest absolute Gasteiger partial charge is 0.390 e. The molecule has 0 aromatic carbocycles. The molecule has 2 aliphatic rings. The van der Waals surface area contributed by atoms with Gasteiger partial charge in [-0.3, -0.25) is 9.48 Å². The third-order valence-electron chi connectivity index (χ3n) is 6.78. The first-order chi connectivity index (χ1) is 15.8. The van der Waals surface area contributed by atoms with E-state index in [4.69, 9.17) is 9.72 Å². The zero-order valence-electron chi connectivity index (χ0n) is 19.4. The molecule has 2 aliphatic heterocycles. The van der Waals surface area contributed by atoms with E-state index in [0.717, 1.165) is 48.4 Å². The Balaban J connectivity index is 1.48. The third kappa shape index (κ3) is 4.32. The number of amides is 1. The molecule has 2 N–H and O–H groups in total. The highest BCUT2D eigenvalue weighted by molar-refractivity contribution is 5.97. The fourth-order valence-electron chi connectivity index (χ4n) is 4.77. The SMILES string of the molecule is Cn1cc(-c2cc(N3CCOCC3)c3[nH]c(C(=O)N4CCC(C(C)(C)O)CC4)nc3n2)cn1. The lowest BCUT2D eigenvalue weighted by Crippen LogP contribution is -2.44. The van der Waals surface area contributed by atoms with Gasteiger partial charge in [0.15, 0.2) is 11.5 Å². The Labute approximate surface area is 192 Å². The molecule has 2 saturated heterocycles. The summed E-state index contributed by atoms with van der Waals surface area (Å²) in [5.74, 6) is 0.365. The second kappa shape index (κ2) is 8.42. The molecule has 3 aromatic heterocycles. The van der Waals surface area contributed by atoms with Gasteiger partial charge in [0.1, 0.15) is 5.52 Å². The maximum absolute atomic E-state index is 13.3. The number of carbonyl (C=O) groups excluding carboxylic acids is 1. The van der Waals surface area contributed by atoms with Gasteiger partial charge in [-0.2, -0.15) is 5.10 Å². The van der Waals surface area contributed by atoms with Gasteiger partial charge in [-0.25, -0.2) is 9.97 Å². The smallest absolute Gasteiger partial charge is 0.289 e. The van der Waals surface area contributed by atoms with Crippen LogP contribution in [0.25, 0.3) is 22.4 Å². The number of hydrogen-bond acceptors (Lipinski definition) is 7. The average molecular weight is 454 g/mol. The Hall–Kier alpha value is -2.98. The average Bonchev–Trinajstić information content (AvgIpc) is 3.44. The Morgan fingerprint density at radius 3 is 2.55 bits per heavy atom. The fourth-order valence-corrected chi connectivity index (χ4v) is 4.77. The number of piperidine rings is 1. The molecule has 0 radical (unpaired) electrons. The monoisotopic (exact) mass is 453 g/mol. The van der Waals surface area contributed by atoms with E-state index in [2.05, 4.69) is 20.0 Å². The van der Waals surface area contributed by atoms with E-state index in [1.54, 1.807) is 10.9 Å². The number of morpholine rings is 1. The number of aliphatic hydroxyl groups is 1. The van der Waals surface area contributed by atoms with Crippen molar-refractivity contribution >= 4 is 22.8 Å². The lowest BCUT2D eigenvalue weighted by molar-refractivity contribution is -0.0109. The Morgan fingerprint density at radius 1 is 1.18 bits per heavy atom. The molecular weight excluding hydrogens is 422 g/mol. The van der Waals surface area contributed by atoms with Gasteiger partial charge in [0.05, 0.1) is 36.4 Å². The Morgan fingerprint density at radius 2 is 1.91 bits per heavy atom. The minimum absolute atomic E-state index is 0.127. The van der Waals surface area contributed by atoms with Crippen molar-refractivity contribution < 1.29 is 14.6 Å². The molecule has 0 spiro atoms. The summed E-state index contributed by atoms with van der Waals surface area (Å²) >= 11 is 0. The first kappa shape index (κ1) is 21.8. The molecular formula is C23H31N7O3. The van der Waals surface area contributed by atoms with Crippen LogP contribution in [-0.4, -0.2) is 85.6 Å². The predicted molar refractivity (Wildman–Crippen MR) is 124 cm³/mol. The molecule has 3 aromatic rings. The van der Waals surface area contributed by atoms with Gasteiger partial charge in [0.2, 0.25) is 0 Å². The van der Waals surface area contributed by atoms with Gasteiger partial charge in [-0.15, -0.1) is 0 Å². The molecule has 5 rings (SSSR count). The molecule has 10 nitrogen and oxygen atoms in total. The second-order valence-corrected chi connectivity index (χ2v) is 9.53. The summed E-state index contributed by atoms with van der Waals surface area (Å²) < 4.78 is 7.27. The highest BCUT2D eigenvalue weighted by Crippen LogP contribution is 2.32. The summed E-state index contributed by atoms with van der Waals surface area (Å²) in [5, 5.41) is 14.6. The summed E-state index contributed by atoms with van der Waals surface area (Å²) in [4.78, 5) is 30.0. The lowest BCUT2D eigenvalue weighted by Gasteiger charge is -2.37. The zero-order valence-corrected chi connectivity index (χ0v) is 19.4. The number of aromatic nitrogens is 5. The van der Waals surface area contributed by atoms with Crippen LogP contribution >= 0.6 is 0 Å². The lowest BCUT2D eigenvalue weighted by atomic mass is 9.83. The van der Waals surface area contributed by atoms with Crippen molar-refractivity contribution in [1.82, 2.24) is 29.6 Å². The van der Waals surface area contributed by atoms with E-state index in [9.17, 15) is 9.90 Å². The minimum atomic E-state index is -0.728. The molecule has 2 fully saturated rings. The Kier molecular flexibility index (Phi) is 5.57. The van der Waals surface area contributed by atoms with Crippen LogP contribution in [-0.2, 0) is 11.8 Å². The molecule has 5 heterocycles. The number of carbonyl (C=O) groups is 1. The van der Waals surface area contributed by atoms with Gasteiger partial charge >= 0.3 is 0 Å². The molecule has 0 bridgehead atoms. The van der Waals surface area contributed by atoms with Crippen molar-refractivity contribution in [2.24, 2.45) is 13.0 Å². The standard InChI is InChI=1S/C23H31N7O3/c1-23(2,32)16-4-6-30(7-5-16)22(31)21-26-19-18(29-8-10-33-11-9-29)12-17(25-20(19)27-21)15-13-24-28(3)14-15/h12-14,16,32H,4-11H2,1-3H3,(H,25,26,27). The van der Waals surface area contributed by atoms with Gasteiger partial charge in [0.25, 0.3) is 5.91 Å². The maximum Gasteiger partial charge on any atom is 0.289 e. The van der Waals surface area contributed by atoms with Gasteiger partial charge < -0.3 is 24.6 Å². The number of aromatic amines is 1. The number of nitrogens with one attached hydrogen (secondary N) is 1. The topological polar surface area (TPSA) is 112 Å². The number of hydrogen-bond donors (Lipinski definition) is 2. The number of anilines is 1. The van der Waals surface area contributed by atoms with Gasteiger partial charge in [-0.05, 0) is 38.7 Å². The molecule has 0 saturated carbocycles. The number of nitrogens with zero attached hydrogens (tertiary/aromatic N) is 6. The number of likely N-dealkylation sites (tertiary alicyclic amines) is 1. The molecule has 10 heteroatoms. The number of ether oxygens (including phenoxy) is 1. The van der Waals surface area contributed by atoms with E-state index in [1.807, 2.05) is 38.1 Å². The number of fused-ring (bicyclic) bond motifs is 1. The summed E-state index contributed by atoms with van der Waals surface area (Å²) in [6, 6.07) is 2.03. The van der Waals surface area contributed by atoms with Crippen LogP contribution in [0.15, 0.2) is 18.5 Å². The molecule has 0 atom stereocenters. The van der Waals surface area contributed by atoms with Gasteiger partial charge in [0, 0.05) is 45.0 Å². The van der Waals surface area contributed by atoms with Crippen LogP contribution in [0.4, 0.5) is 5.69 Å². The predicted octanol–water partition coefficient (Wildman–Crippen LogP) is 1.82. The van der Waals surface area contributed by atoms with Crippen molar-refractivity contribution in [3.8, 4) is 11.3 Å². The highest BCUT2D eigenvalue weighted by atomic mass is 16.5. The quantitative estimate of drug-likeness (QED) is 0.620. The summed E-state index contributed by atoms with van der Waals surface area (Å²) in [6.45, 7) is 7.73. The van der Waals surface area contributed by atoms with Crippen LogP contribution in [0, 0.1) is 5.92 Å². The van der Waals surface area contributed by atoms with Crippen molar-refractivity contribution in [3.63, 3.8) is 0 Å². The first-order valence-electron chi connectivity index (χ1n) is 11.5.